The Bertz CT molecular complexity index is 590. The summed E-state index contributed by atoms with van der Waals surface area (Å²) < 4.78 is 13.0. The van der Waals surface area contributed by atoms with Crippen LogP contribution in [0, 0.1) is 5.82 Å². The number of amides is 1. The van der Waals surface area contributed by atoms with Crippen molar-refractivity contribution in [2.75, 3.05) is 11.9 Å². The number of carbonyl (C=O) groups is 1. The topological polar surface area (TPSA) is 41.1 Å². The van der Waals surface area contributed by atoms with Crippen molar-refractivity contribution in [3.05, 3.63) is 64.9 Å². The summed E-state index contributed by atoms with van der Waals surface area (Å²) >= 11 is 5.65. The maximum atomic E-state index is 13.0. The van der Waals surface area contributed by atoms with E-state index in [4.69, 9.17) is 11.6 Å². The number of rotatable bonds is 5. The van der Waals surface area contributed by atoms with E-state index in [2.05, 4.69) is 10.6 Å². The molecule has 2 rings (SSSR count). The molecule has 0 saturated heterocycles. The number of benzene rings is 2. The van der Waals surface area contributed by atoms with Crippen LogP contribution in [-0.2, 0) is 11.3 Å². The summed E-state index contributed by atoms with van der Waals surface area (Å²) in [7, 11) is 0. The van der Waals surface area contributed by atoms with Gasteiger partial charge in [0, 0.05) is 12.2 Å². The molecule has 0 heterocycles. The molecule has 0 saturated carbocycles. The molecule has 2 N–H and O–H groups in total. The molecule has 20 heavy (non-hydrogen) atoms. The molecule has 2 aromatic rings. The van der Waals surface area contributed by atoms with Gasteiger partial charge in [-0.1, -0.05) is 41.9 Å². The average molecular weight is 293 g/mol. The van der Waals surface area contributed by atoms with Crippen molar-refractivity contribution in [1.29, 1.82) is 0 Å². The van der Waals surface area contributed by atoms with E-state index in [1.807, 2.05) is 30.3 Å². The van der Waals surface area contributed by atoms with Crippen LogP contribution < -0.4 is 10.6 Å². The molecular weight excluding hydrogens is 279 g/mol. The number of halogens is 2. The molecule has 0 aliphatic heterocycles. The van der Waals surface area contributed by atoms with Gasteiger partial charge in [-0.2, -0.15) is 0 Å². The normalized spacial score (nSPS) is 10.1. The first-order valence-electron chi connectivity index (χ1n) is 6.15. The second-order valence-electron chi connectivity index (χ2n) is 4.24. The Morgan fingerprint density at radius 1 is 1.15 bits per heavy atom. The van der Waals surface area contributed by atoms with Crippen molar-refractivity contribution in [1.82, 2.24) is 5.32 Å². The zero-order chi connectivity index (χ0) is 14.4. The van der Waals surface area contributed by atoms with Crippen LogP contribution in [0.5, 0.6) is 0 Å². The van der Waals surface area contributed by atoms with Gasteiger partial charge in [-0.25, -0.2) is 4.39 Å². The summed E-state index contributed by atoms with van der Waals surface area (Å²) in [5, 5.41) is 5.70. The summed E-state index contributed by atoms with van der Waals surface area (Å²) in [6.45, 7) is 0.584. The van der Waals surface area contributed by atoms with E-state index in [1.165, 1.54) is 18.2 Å². The van der Waals surface area contributed by atoms with Gasteiger partial charge in [0.25, 0.3) is 0 Å². The van der Waals surface area contributed by atoms with Crippen LogP contribution in [0.3, 0.4) is 0 Å². The van der Waals surface area contributed by atoms with E-state index >= 15 is 0 Å². The molecule has 0 bridgehead atoms. The van der Waals surface area contributed by atoms with Crippen molar-refractivity contribution in [2.45, 2.75) is 6.54 Å². The third-order valence-corrected chi connectivity index (χ3v) is 2.99. The molecule has 0 spiro atoms. The zero-order valence-corrected chi connectivity index (χ0v) is 11.5. The number of anilines is 1. The van der Waals surface area contributed by atoms with Crippen molar-refractivity contribution in [3.8, 4) is 0 Å². The van der Waals surface area contributed by atoms with Gasteiger partial charge in [0.2, 0.25) is 5.91 Å². The van der Waals surface area contributed by atoms with Gasteiger partial charge >= 0.3 is 0 Å². The Balaban J connectivity index is 1.79. The molecule has 2 aromatic carbocycles. The number of nitrogens with one attached hydrogen (secondary N) is 2. The standard InChI is InChI=1S/C15H14ClFN2O/c16-13-8-12(6-7-14(13)17)18-10-15(20)19-9-11-4-2-1-3-5-11/h1-8,18H,9-10H2,(H,19,20). The third kappa shape index (κ3) is 4.24. The minimum atomic E-state index is -0.481. The third-order valence-electron chi connectivity index (χ3n) is 2.71. The van der Waals surface area contributed by atoms with Crippen molar-refractivity contribution in [3.63, 3.8) is 0 Å². The first kappa shape index (κ1) is 14.3. The lowest BCUT2D eigenvalue weighted by Crippen LogP contribution is -2.29. The molecule has 0 aromatic heterocycles. The fourth-order valence-electron chi connectivity index (χ4n) is 1.65. The molecular formula is C15H14ClFN2O. The lowest BCUT2D eigenvalue weighted by atomic mass is 10.2. The van der Waals surface area contributed by atoms with Crippen LogP contribution in [0.1, 0.15) is 5.56 Å². The Morgan fingerprint density at radius 2 is 1.90 bits per heavy atom. The van der Waals surface area contributed by atoms with Gasteiger partial charge in [-0.05, 0) is 23.8 Å². The Labute approximate surface area is 121 Å². The van der Waals surface area contributed by atoms with Gasteiger partial charge in [-0.3, -0.25) is 4.79 Å². The van der Waals surface area contributed by atoms with Gasteiger partial charge in [0.1, 0.15) is 5.82 Å². The monoisotopic (exact) mass is 292 g/mol. The summed E-state index contributed by atoms with van der Waals surface area (Å²) in [6, 6.07) is 13.9. The second kappa shape index (κ2) is 6.91. The van der Waals surface area contributed by atoms with E-state index < -0.39 is 5.82 Å². The van der Waals surface area contributed by atoms with E-state index in [9.17, 15) is 9.18 Å². The molecule has 0 aliphatic rings. The Morgan fingerprint density at radius 3 is 2.60 bits per heavy atom. The van der Waals surface area contributed by atoms with Crippen LogP contribution in [0.15, 0.2) is 48.5 Å². The van der Waals surface area contributed by atoms with Crippen molar-refractivity contribution in [2.24, 2.45) is 0 Å². The lowest BCUT2D eigenvalue weighted by Gasteiger charge is -2.08. The second-order valence-corrected chi connectivity index (χ2v) is 4.65. The van der Waals surface area contributed by atoms with Gasteiger partial charge in [0.15, 0.2) is 0 Å². The first-order chi connectivity index (χ1) is 9.65. The molecule has 0 aliphatic carbocycles. The molecule has 0 unspecified atom stereocenters. The van der Waals surface area contributed by atoms with Crippen LogP contribution >= 0.6 is 11.6 Å². The maximum Gasteiger partial charge on any atom is 0.239 e. The van der Waals surface area contributed by atoms with E-state index in [0.29, 0.717) is 12.2 Å². The Kier molecular flexibility index (Phi) is 4.96. The minimum absolute atomic E-state index is 0.0275. The molecule has 104 valence electrons. The van der Waals surface area contributed by atoms with Crippen molar-refractivity contribution < 1.29 is 9.18 Å². The molecule has 0 atom stereocenters. The fraction of sp³-hybridized carbons (Fsp3) is 0.133. The highest BCUT2D eigenvalue weighted by atomic mass is 35.5. The van der Waals surface area contributed by atoms with Crippen LogP contribution in [0.4, 0.5) is 10.1 Å². The summed E-state index contributed by atoms with van der Waals surface area (Å²) in [5.74, 6) is -0.625. The highest BCUT2D eigenvalue weighted by Gasteiger charge is 2.03. The SMILES string of the molecule is O=C(CNc1ccc(F)c(Cl)c1)NCc1ccccc1. The molecule has 0 fully saturated rings. The zero-order valence-electron chi connectivity index (χ0n) is 10.7. The summed E-state index contributed by atoms with van der Waals surface area (Å²) in [5.41, 5.74) is 1.64. The molecule has 5 heteroatoms. The lowest BCUT2D eigenvalue weighted by molar-refractivity contribution is -0.119. The van der Waals surface area contributed by atoms with Gasteiger partial charge in [-0.15, -0.1) is 0 Å². The molecule has 3 nitrogen and oxygen atoms in total. The summed E-state index contributed by atoms with van der Waals surface area (Å²) in [6.07, 6.45) is 0. The maximum absolute atomic E-state index is 13.0. The van der Waals surface area contributed by atoms with Gasteiger partial charge in [0.05, 0.1) is 11.6 Å². The minimum Gasteiger partial charge on any atom is -0.376 e. The predicted octanol–water partition coefficient (Wildman–Crippen LogP) is 3.21. The molecule has 0 radical (unpaired) electrons. The van der Waals surface area contributed by atoms with Crippen LogP contribution in [0.2, 0.25) is 5.02 Å². The Hall–Kier alpha value is -2.07. The highest BCUT2D eigenvalue weighted by molar-refractivity contribution is 6.31. The number of hydrogen-bond acceptors (Lipinski definition) is 2. The van der Waals surface area contributed by atoms with Crippen LogP contribution in [0.25, 0.3) is 0 Å². The molecule has 1 amide bonds. The van der Waals surface area contributed by atoms with E-state index in [-0.39, 0.29) is 17.5 Å². The van der Waals surface area contributed by atoms with E-state index in [0.717, 1.165) is 5.56 Å². The highest BCUT2D eigenvalue weighted by Crippen LogP contribution is 2.18. The fourth-order valence-corrected chi connectivity index (χ4v) is 1.83. The average Bonchev–Trinajstić information content (AvgIpc) is 2.47. The predicted molar refractivity (Wildman–Crippen MR) is 78.2 cm³/mol. The first-order valence-corrected chi connectivity index (χ1v) is 6.52. The smallest absolute Gasteiger partial charge is 0.239 e. The van der Waals surface area contributed by atoms with Crippen LogP contribution in [-0.4, -0.2) is 12.5 Å². The number of carbonyl (C=O) groups excluding carboxylic acids is 1. The van der Waals surface area contributed by atoms with Gasteiger partial charge < -0.3 is 10.6 Å². The summed E-state index contributed by atoms with van der Waals surface area (Å²) in [4.78, 5) is 11.7. The quantitative estimate of drug-likeness (QED) is 0.888. The van der Waals surface area contributed by atoms with E-state index in [1.54, 1.807) is 0 Å². The van der Waals surface area contributed by atoms with Crippen molar-refractivity contribution >= 4 is 23.2 Å². The number of hydrogen-bond donors (Lipinski definition) is 2. The largest absolute Gasteiger partial charge is 0.376 e.